The number of nitrogens with one attached hydrogen (secondary N) is 1. The van der Waals surface area contributed by atoms with Gasteiger partial charge in [0.1, 0.15) is 0 Å². The Bertz CT molecular complexity index is 511. The Morgan fingerprint density at radius 1 is 1.22 bits per heavy atom. The second-order valence-corrected chi connectivity index (χ2v) is 4.89. The van der Waals surface area contributed by atoms with Gasteiger partial charge in [-0.3, -0.25) is 4.68 Å². The smallest absolute Gasteiger partial charge is 0.0537 e. The van der Waals surface area contributed by atoms with E-state index in [-0.39, 0.29) is 0 Å². The number of benzene rings is 1. The third-order valence-electron chi connectivity index (χ3n) is 3.51. The SMILES string of the molecule is Cc1ccc([C@H](C)NCc2cnn(C)c2C)cc1. The molecule has 2 aromatic rings. The molecule has 96 valence electrons. The summed E-state index contributed by atoms with van der Waals surface area (Å²) in [6.45, 7) is 7.26. The van der Waals surface area contributed by atoms with Crippen molar-refractivity contribution in [2.45, 2.75) is 33.4 Å². The van der Waals surface area contributed by atoms with Gasteiger partial charge >= 0.3 is 0 Å². The molecule has 0 amide bonds. The first-order chi connectivity index (χ1) is 8.58. The topological polar surface area (TPSA) is 29.9 Å². The second-order valence-electron chi connectivity index (χ2n) is 4.89. The summed E-state index contributed by atoms with van der Waals surface area (Å²) >= 11 is 0. The van der Waals surface area contributed by atoms with Gasteiger partial charge in [-0.15, -0.1) is 0 Å². The van der Waals surface area contributed by atoms with Crippen LogP contribution >= 0.6 is 0 Å². The molecule has 0 saturated carbocycles. The molecule has 1 aromatic carbocycles. The molecule has 0 aliphatic rings. The second kappa shape index (κ2) is 5.36. The van der Waals surface area contributed by atoms with Gasteiger partial charge in [-0.05, 0) is 26.3 Å². The van der Waals surface area contributed by atoms with Crippen LogP contribution in [0.4, 0.5) is 0 Å². The number of aromatic nitrogens is 2. The van der Waals surface area contributed by atoms with Gasteiger partial charge in [-0.25, -0.2) is 0 Å². The Morgan fingerprint density at radius 3 is 2.44 bits per heavy atom. The van der Waals surface area contributed by atoms with E-state index >= 15 is 0 Å². The van der Waals surface area contributed by atoms with E-state index in [4.69, 9.17) is 0 Å². The molecular weight excluding hydrogens is 222 g/mol. The van der Waals surface area contributed by atoms with Gasteiger partial charge in [0.2, 0.25) is 0 Å². The number of aryl methyl sites for hydroxylation is 2. The van der Waals surface area contributed by atoms with E-state index in [1.807, 2.05) is 17.9 Å². The van der Waals surface area contributed by atoms with E-state index in [1.54, 1.807) is 0 Å². The number of hydrogen-bond donors (Lipinski definition) is 1. The molecule has 0 aliphatic heterocycles. The Labute approximate surface area is 109 Å². The molecule has 0 bridgehead atoms. The maximum Gasteiger partial charge on any atom is 0.0537 e. The minimum absolute atomic E-state index is 0.352. The van der Waals surface area contributed by atoms with Gasteiger partial charge < -0.3 is 5.32 Å². The third-order valence-corrected chi connectivity index (χ3v) is 3.51. The van der Waals surface area contributed by atoms with Crippen molar-refractivity contribution in [3.8, 4) is 0 Å². The molecule has 0 fully saturated rings. The Kier molecular flexibility index (Phi) is 3.82. The van der Waals surface area contributed by atoms with E-state index in [1.165, 1.54) is 22.4 Å². The van der Waals surface area contributed by atoms with Crippen LogP contribution in [-0.4, -0.2) is 9.78 Å². The molecule has 1 N–H and O–H groups in total. The molecule has 0 spiro atoms. The lowest BCUT2D eigenvalue weighted by Gasteiger charge is -2.14. The quantitative estimate of drug-likeness (QED) is 0.895. The minimum atomic E-state index is 0.352. The first kappa shape index (κ1) is 12.8. The van der Waals surface area contributed by atoms with Crippen LogP contribution in [0.1, 0.15) is 35.3 Å². The van der Waals surface area contributed by atoms with Gasteiger partial charge in [0, 0.05) is 30.9 Å². The van der Waals surface area contributed by atoms with Crippen LogP contribution < -0.4 is 5.32 Å². The van der Waals surface area contributed by atoms with E-state index in [0.717, 1.165) is 6.54 Å². The van der Waals surface area contributed by atoms with Crippen LogP contribution in [-0.2, 0) is 13.6 Å². The molecule has 1 atom stereocenters. The van der Waals surface area contributed by atoms with Crippen LogP contribution in [0.2, 0.25) is 0 Å². The lowest BCUT2D eigenvalue weighted by molar-refractivity contribution is 0.572. The van der Waals surface area contributed by atoms with E-state index in [9.17, 15) is 0 Å². The molecule has 0 aliphatic carbocycles. The standard InChI is InChI=1S/C15H21N3/c1-11-5-7-14(8-6-11)12(2)16-9-15-10-17-18(4)13(15)3/h5-8,10,12,16H,9H2,1-4H3/t12-/m0/s1. The highest BCUT2D eigenvalue weighted by molar-refractivity contribution is 5.24. The summed E-state index contributed by atoms with van der Waals surface area (Å²) in [5, 5.41) is 7.79. The molecule has 18 heavy (non-hydrogen) atoms. The van der Waals surface area contributed by atoms with Crippen molar-refractivity contribution in [1.29, 1.82) is 0 Å². The van der Waals surface area contributed by atoms with Crippen LogP contribution in [0, 0.1) is 13.8 Å². The lowest BCUT2D eigenvalue weighted by atomic mass is 10.1. The Morgan fingerprint density at radius 2 is 1.89 bits per heavy atom. The lowest BCUT2D eigenvalue weighted by Crippen LogP contribution is -2.18. The van der Waals surface area contributed by atoms with E-state index < -0.39 is 0 Å². The van der Waals surface area contributed by atoms with Crippen molar-refractivity contribution in [1.82, 2.24) is 15.1 Å². The molecule has 0 unspecified atom stereocenters. The highest BCUT2D eigenvalue weighted by Gasteiger charge is 2.07. The number of rotatable bonds is 4. The van der Waals surface area contributed by atoms with Crippen LogP contribution in [0.5, 0.6) is 0 Å². The predicted octanol–water partition coefficient (Wildman–Crippen LogP) is 2.89. The summed E-state index contributed by atoms with van der Waals surface area (Å²) < 4.78 is 1.91. The predicted molar refractivity (Wildman–Crippen MR) is 74.4 cm³/mol. The van der Waals surface area contributed by atoms with Crippen molar-refractivity contribution in [3.05, 3.63) is 52.8 Å². The fourth-order valence-electron chi connectivity index (χ4n) is 1.95. The van der Waals surface area contributed by atoms with Gasteiger partial charge in [0.15, 0.2) is 0 Å². The maximum absolute atomic E-state index is 4.26. The van der Waals surface area contributed by atoms with Crippen molar-refractivity contribution >= 4 is 0 Å². The van der Waals surface area contributed by atoms with Crippen LogP contribution in [0.25, 0.3) is 0 Å². The third kappa shape index (κ3) is 2.79. The zero-order valence-corrected chi connectivity index (χ0v) is 11.6. The summed E-state index contributed by atoms with van der Waals surface area (Å²) in [7, 11) is 1.97. The van der Waals surface area contributed by atoms with Crippen molar-refractivity contribution in [3.63, 3.8) is 0 Å². The Balaban J connectivity index is 1.98. The molecule has 1 heterocycles. The van der Waals surface area contributed by atoms with Crippen molar-refractivity contribution in [2.75, 3.05) is 0 Å². The molecule has 3 nitrogen and oxygen atoms in total. The zero-order valence-electron chi connectivity index (χ0n) is 11.6. The van der Waals surface area contributed by atoms with Gasteiger partial charge in [0.05, 0.1) is 6.20 Å². The fraction of sp³-hybridized carbons (Fsp3) is 0.400. The summed E-state index contributed by atoms with van der Waals surface area (Å²) in [5.41, 5.74) is 5.10. The molecule has 0 saturated heterocycles. The van der Waals surface area contributed by atoms with Crippen LogP contribution in [0.15, 0.2) is 30.5 Å². The minimum Gasteiger partial charge on any atom is -0.306 e. The number of nitrogens with zero attached hydrogens (tertiary/aromatic N) is 2. The summed E-state index contributed by atoms with van der Waals surface area (Å²) in [6.07, 6.45) is 1.93. The average Bonchev–Trinajstić information content (AvgIpc) is 2.68. The highest BCUT2D eigenvalue weighted by atomic mass is 15.3. The maximum atomic E-state index is 4.26. The first-order valence-corrected chi connectivity index (χ1v) is 6.35. The molecule has 2 rings (SSSR count). The van der Waals surface area contributed by atoms with Crippen LogP contribution in [0.3, 0.4) is 0 Å². The fourth-order valence-corrected chi connectivity index (χ4v) is 1.95. The molecule has 0 radical (unpaired) electrons. The normalized spacial score (nSPS) is 12.7. The highest BCUT2D eigenvalue weighted by Crippen LogP contribution is 2.14. The summed E-state index contributed by atoms with van der Waals surface area (Å²) in [6, 6.07) is 9.03. The molecule has 1 aromatic heterocycles. The van der Waals surface area contributed by atoms with Gasteiger partial charge in [0.25, 0.3) is 0 Å². The molecule has 3 heteroatoms. The summed E-state index contributed by atoms with van der Waals surface area (Å²) in [4.78, 5) is 0. The van der Waals surface area contributed by atoms with E-state index in [0.29, 0.717) is 6.04 Å². The number of hydrogen-bond acceptors (Lipinski definition) is 2. The summed E-state index contributed by atoms with van der Waals surface area (Å²) in [5.74, 6) is 0. The van der Waals surface area contributed by atoms with E-state index in [2.05, 4.69) is 55.5 Å². The van der Waals surface area contributed by atoms with Gasteiger partial charge in [-0.1, -0.05) is 29.8 Å². The average molecular weight is 243 g/mol. The Hall–Kier alpha value is -1.61. The van der Waals surface area contributed by atoms with Crippen molar-refractivity contribution in [2.24, 2.45) is 7.05 Å². The zero-order chi connectivity index (χ0) is 13.1. The molecular formula is C15H21N3. The first-order valence-electron chi connectivity index (χ1n) is 6.35. The monoisotopic (exact) mass is 243 g/mol. The largest absolute Gasteiger partial charge is 0.306 e. The van der Waals surface area contributed by atoms with Crippen molar-refractivity contribution < 1.29 is 0 Å². The van der Waals surface area contributed by atoms with Gasteiger partial charge in [-0.2, -0.15) is 5.10 Å².